The highest BCUT2D eigenvalue weighted by molar-refractivity contribution is 5.77. The summed E-state index contributed by atoms with van der Waals surface area (Å²) in [5.41, 5.74) is 5.35. The first-order valence-electron chi connectivity index (χ1n) is 6.55. The summed E-state index contributed by atoms with van der Waals surface area (Å²) in [5, 5.41) is 0. The van der Waals surface area contributed by atoms with Crippen LogP contribution in [0, 0.1) is 5.92 Å². The molecule has 1 rings (SSSR count). The molecule has 0 aromatic carbocycles. The lowest BCUT2D eigenvalue weighted by Crippen LogP contribution is -2.55. The van der Waals surface area contributed by atoms with Crippen LogP contribution in [0.1, 0.15) is 40.0 Å². The van der Waals surface area contributed by atoms with Gasteiger partial charge in [-0.1, -0.05) is 6.92 Å². The Morgan fingerprint density at radius 2 is 2.18 bits per heavy atom. The third-order valence-corrected chi connectivity index (χ3v) is 3.46. The maximum Gasteiger partial charge on any atom is 0.223 e. The topological polar surface area (TPSA) is 55.6 Å². The fourth-order valence-corrected chi connectivity index (χ4v) is 2.25. The van der Waals surface area contributed by atoms with Crippen molar-refractivity contribution in [3.63, 3.8) is 0 Å². The van der Waals surface area contributed by atoms with Crippen molar-refractivity contribution < 1.29 is 9.53 Å². The summed E-state index contributed by atoms with van der Waals surface area (Å²) in [6.45, 7) is 9.01. The van der Waals surface area contributed by atoms with Gasteiger partial charge in [-0.3, -0.25) is 4.79 Å². The minimum atomic E-state index is -0.160. The van der Waals surface area contributed by atoms with E-state index < -0.39 is 0 Å². The number of rotatable bonds is 5. The van der Waals surface area contributed by atoms with E-state index in [0.29, 0.717) is 32.1 Å². The van der Waals surface area contributed by atoms with Crippen LogP contribution in [0.15, 0.2) is 0 Å². The van der Waals surface area contributed by atoms with Crippen LogP contribution < -0.4 is 5.73 Å². The summed E-state index contributed by atoms with van der Waals surface area (Å²) in [4.78, 5) is 14.1. The fourth-order valence-electron chi connectivity index (χ4n) is 2.25. The van der Waals surface area contributed by atoms with Gasteiger partial charge in [-0.2, -0.15) is 0 Å². The van der Waals surface area contributed by atoms with Crippen molar-refractivity contribution in [2.75, 3.05) is 26.3 Å². The van der Waals surface area contributed by atoms with Crippen molar-refractivity contribution in [1.29, 1.82) is 0 Å². The lowest BCUT2D eigenvalue weighted by molar-refractivity contribution is -0.146. The van der Waals surface area contributed by atoms with Gasteiger partial charge in [-0.25, -0.2) is 0 Å². The zero-order valence-corrected chi connectivity index (χ0v) is 11.4. The number of morpholine rings is 1. The molecule has 2 N–H and O–H groups in total. The molecule has 0 aromatic heterocycles. The molecule has 4 heteroatoms. The Balaban J connectivity index is 2.41. The summed E-state index contributed by atoms with van der Waals surface area (Å²) < 4.78 is 5.42. The summed E-state index contributed by atoms with van der Waals surface area (Å²) in [5.74, 6) is 0.787. The lowest BCUT2D eigenvalue weighted by atomic mass is 9.98. The molecule has 0 bridgehead atoms. The first-order chi connectivity index (χ1) is 7.97. The van der Waals surface area contributed by atoms with E-state index in [1.165, 1.54) is 0 Å². The van der Waals surface area contributed by atoms with Crippen LogP contribution in [-0.2, 0) is 9.53 Å². The van der Waals surface area contributed by atoms with Crippen LogP contribution in [0.5, 0.6) is 0 Å². The van der Waals surface area contributed by atoms with Crippen molar-refractivity contribution >= 4 is 5.91 Å². The molecule has 1 amide bonds. The second kappa shape index (κ2) is 6.36. The van der Waals surface area contributed by atoms with E-state index >= 15 is 0 Å². The van der Waals surface area contributed by atoms with Gasteiger partial charge in [0.25, 0.3) is 0 Å². The molecule has 1 heterocycles. The van der Waals surface area contributed by atoms with Crippen molar-refractivity contribution in [2.45, 2.75) is 45.6 Å². The molecule has 0 spiro atoms. The molecule has 0 radical (unpaired) electrons. The third kappa shape index (κ3) is 4.28. The molecular weight excluding hydrogens is 216 g/mol. The van der Waals surface area contributed by atoms with Gasteiger partial charge in [0.1, 0.15) is 0 Å². The van der Waals surface area contributed by atoms with Crippen LogP contribution in [0.3, 0.4) is 0 Å². The Morgan fingerprint density at radius 3 is 2.76 bits per heavy atom. The van der Waals surface area contributed by atoms with Gasteiger partial charge in [-0.05, 0) is 39.2 Å². The standard InChI is InChI=1S/C13H26N2O2/c1-11(6-7-14)4-5-12(16)15-8-9-17-10-13(15,2)3/h11H,4-10,14H2,1-3H3. The second-order valence-corrected chi connectivity index (χ2v) is 5.63. The molecule has 0 aromatic rings. The predicted molar refractivity (Wildman–Crippen MR) is 68.7 cm³/mol. The smallest absolute Gasteiger partial charge is 0.223 e. The zero-order chi connectivity index (χ0) is 12.9. The van der Waals surface area contributed by atoms with Crippen LogP contribution in [0.25, 0.3) is 0 Å². The Kier molecular flexibility index (Phi) is 5.40. The van der Waals surface area contributed by atoms with Gasteiger partial charge in [0.15, 0.2) is 0 Å². The van der Waals surface area contributed by atoms with E-state index in [1.54, 1.807) is 0 Å². The van der Waals surface area contributed by atoms with E-state index in [9.17, 15) is 4.79 Å². The van der Waals surface area contributed by atoms with E-state index in [2.05, 4.69) is 20.8 Å². The molecule has 1 saturated heterocycles. The van der Waals surface area contributed by atoms with Crippen molar-refractivity contribution in [3.05, 3.63) is 0 Å². The Morgan fingerprint density at radius 1 is 1.47 bits per heavy atom. The second-order valence-electron chi connectivity index (χ2n) is 5.63. The number of hydrogen-bond acceptors (Lipinski definition) is 3. The summed E-state index contributed by atoms with van der Waals surface area (Å²) in [6, 6.07) is 0. The molecule has 1 aliphatic heterocycles. The first kappa shape index (κ1) is 14.5. The van der Waals surface area contributed by atoms with Gasteiger partial charge in [-0.15, -0.1) is 0 Å². The predicted octanol–water partition coefficient (Wildman–Crippen LogP) is 1.39. The summed E-state index contributed by atoms with van der Waals surface area (Å²) in [7, 11) is 0. The van der Waals surface area contributed by atoms with E-state index in [-0.39, 0.29) is 11.4 Å². The highest BCUT2D eigenvalue weighted by Crippen LogP contribution is 2.21. The van der Waals surface area contributed by atoms with Crippen molar-refractivity contribution in [2.24, 2.45) is 11.7 Å². The highest BCUT2D eigenvalue weighted by Gasteiger charge is 2.33. The van der Waals surface area contributed by atoms with Crippen LogP contribution >= 0.6 is 0 Å². The summed E-state index contributed by atoms with van der Waals surface area (Å²) >= 11 is 0. The number of hydrogen-bond donors (Lipinski definition) is 1. The SMILES string of the molecule is CC(CCN)CCC(=O)N1CCOCC1(C)C. The maximum atomic E-state index is 12.2. The molecular formula is C13H26N2O2. The molecule has 4 nitrogen and oxygen atoms in total. The van der Waals surface area contributed by atoms with Crippen LogP contribution in [0.2, 0.25) is 0 Å². The number of nitrogens with two attached hydrogens (primary N) is 1. The van der Waals surface area contributed by atoms with Gasteiger partial charge in [0, 0.05) is 13.0 Å². The lowest BCUT2D eigenvalue weighted by Gasteiger charge is -2.42. The molecule has 1 unspecified atom stereocenters. The summed E-state index contributed by atoms with van der Waals surface area (Å²) in [6.07, 6.45) is 2.56. The first-order valence-corrected chi connectivity index (χ1v) is 6.55. The molecule has 1 fully saturated rings. The molecule has 1 aliphatic rings. The zero-order valence-electron chi connectivity index (χ0n) is 11.4. The average molecular weight is 242 g/mol. The van der Waals surface area contributed by atoms with Crippen LogP contribution in [0.4, 0.5) is 0 Å². The minimum Gasteiger partial charge on any atom is -0.377 e. The fraction of sp³-hybridized carbons (Fsp3) is 0.923. The number of nitrogens with zero attached hydrogens (tertiary/aromatic N) is 1. The van der Waals surface area contributed by atoms with E-state index in [1.807, 2.05) is 4.90 Å². The van der Waals surface area contributed by atoms with Gasteiger partial charge >= 0.3 is 0 Å². The quantitative estimate of drug-likeness (QED) is 0.792. The number of ether oxygens (including phenoxy) is 1. The Labute approximate surface area is 104 Å². The van der Waals surface area contributed by atoms with Gasteiger partial charge in [0.2, 0.25) is 5.91 Å². The third-order valence-electron chi connectivity index (χ3n) is 3.46. The van der Waals surface area contributed by atoms with Gasteiger partial charge in [0.05, 0.1) is 18.8 Å². The molecule has 100 valence electrons. The largest absolute Gasteiger partial charge is 0.377 e. The monoisotopic (exact) mass is 242 g/mol. The number of carbonyl (C=O) groups is 1. The highest BCUT2D eigenvalue weighted by atomic mass is 16.5. The van der Waals surface area contributed by atoms with E-state index in [0.717, 1.165) is 19.4 Å². The average Bonchev–Trinajstić information content (AvgIpc) is 2.26. The number of amides is 1. The molecule has 17 heavy (non-hydrogen) atoms. The van der Waals surface area contributed by atoms with Crippen LogP contribution in [-0.4, -0.2) is 42.6 Å². The van der Waals surface area contributed by atoms with Gasteiger partial charge < -0.3 is 15.4 Å². The minimum absolute atomic E-state index is 0.160. The normalized spacial score (nSPS) is 21.3. The van der Waals surface area contributed by atoms with Crippen molar-refractivity contribution in [3.8, 4) is 0 Å². The Hall–Kier alpha value is -0.610. The number of carbonyl (C=O) groups excluding carboxylic acids is 1. The maximum absolute atomic E-state index is 12.2. The Bertz CT molecular complexity index is 254. The van der Waals surface area contributed by atoms with Crippen molar-refractivity contribution in [1.82, 2.24) is 4.90 Å². The molecule has 0 saturated carbocycles. The molecule has 0 aliphatic carbocycles. The van der Waals surface area contributed by atoms with E-state index in [4.69, 9.17) is 10.5 Å². The molecule has 1 atom stereocenters.